The minimum Gasteiger partial charge on any atom is -0.391 e. The zero-order valence-corrected chi connectivity index (χ0v) is 12.9. The van der Waals surface area contributed by atoms with Crippen molar-refractivity contribution < 1.29 is 17.9 Å². The molecule has 0 radical (unpaired) electrons. The van der Waals surface area contributed by atoms with Crippen molar-refractivity contribution in [3.05, 3.63) is 28.5 Å². The van der Waals surface area contributed by atoms with Crippen LogP contribution < -0.4 is 0 Å². The quantitative estimate of drug-likeness (QED) is 0.908. The number of rotatable bonds is 2. The highest BCUT2D eigenvalue weighted by molar-refractivity contribution is 7.89. The first-order chi connectivity index (χ1) is 9.23. The highest BCUT2D eigenvalue weighted by Crippen LogP contribution is 2.30. The van der Waals surface area contributed by atoms with Crippen molar-refractivity contribution in [3.8, 4) is 0 Å². The van der Waals surface area contributed by atoms with Gasteiger partial charge in [-0.25, -0.2) is 12.8 Å². The van der Waals surface area contributed by atoms with Crippen LogP contribution in [0.2, 0.25) is 5.02 Å². The molecule has 2 unspecified atom stereocenters. The molecular formula is C13H17ClFNO3S. The summed E-state index contributed by atoms with van der Waals surface area (Å²) in [5, 5.41) is 9.69. The molecule has 1 fully saturated rings. The van der Waals surface area contributed by atoms with Crippen molar-refractivity contribution in [2.45, 2.75) is 31.3 Å². The molecule has 0 saturated carbocycles. The van der Waals surface area contributed by atoms with Gasteiger partial charge in [-0.3, -0.25) is 0 Å². The molecule has 1 aromatic rings. The van der Waals surface area contributed by atoms with E-state index in [1.165, 1.54) is 17.3 Å². The Kier molecular flexibility index (Phi) is 4.39. The van der Waals surface area contributed by atoms with E-state index in [0.717, 1.165) is 6.07 Å². The van der Waals surface area contributed by atoms with Gasteiger partial charge >= 0.3 is 0 Å². The predicted octanol–water partition coefficient (Wildman–Crippen LogP) is 2.18. The normalized spacial score (nSPS) is 24.9. The molecule has 112 valence electrons. The van der Waals surface area contributed by atoms with Gasteiger partial charge in [0.15, 0.2) is 0 Å². The number of aryl methyl sites for hydroxylation is 1. The monoisotopic (exact) mass is 321 g/mol. The van der Waals surface area contributed by atoms with Crippen LogP contribution in [-0.2, 0) is 10.0 Å². The van der Waals surface area contributed by atoms with E-state index >= 15 is 0 Å². The molecule has 0 aromatic heterocycles. The molecule has 1 N–H and O–H groups in total. The Bertz CT molecular complexity index is 620. The molecule has 1 aromatic carbocycles. The third-order valence-electron chi connectivity index (χ3n) is 3.71. The van der Waals surface area contributed by atoms with Crippen LogP contribution in [0, 0.1) is 18.7 Å². The van der Waals surface area contributed by atoms with Crippen LogP contribution in [0.3, 0.4) is 0 Å². The van der Waals surface area contributed by atoms with Crippen molar-refractivity contribution in [1.29, 1.82) is 0 Å². The summed E-state index contributed by atoms with van der Waals surface area (Å²) in [5.41, 5.74) is 0.221. The lowest BCUT2D eigenvalue weighted by Crippen LogP contribution is -2.45. The summed E-state index contributed by atoms with van der Waals surface area (Å²) >= 11 is 5.86. The second kappa shape index (κ2) is 5.60. The zero-order chi connectivity index (χ0) is 15.1. The van der Waals surface area contributed by atoms with Crippen LogP contribution in [0.5, 0.6) is 0 Å². The molecule has 0 amide bonds. The van der Waals surface area contributed by atoms with E-state index in [0.29, 0.717) is 13.0 Å². The number of β-amino-alcohol motifs (C(OH)–C–C–N with tert-alkyl or cyclic N) is 1. The molecule has 1 saturated heterocycles. The summed E-state index contributed by atoms with van der Waals surface area (Å²) in [7, 11) is -3.81. The maximum absolute atomic E-state index is 13.4. The molecule has 0 aliphatic carbocycles. The van der Waals surface area contributed by atoms with Crippen molar-refractivity contribution in [3.63, 3.8) is 0 Å². The second-order valence-electron chi connectivity index (χ2n) is 5.23. The Morgan fingerprint density at radius 3 is 2.70 bits per heavy atom. The van der Waals surface area contributed by atoms with Crippen molar-refractivity contribution >= 4 is 21.6 Å². The number of hydrogen-bond acceptors (Lipinski definition) is 3. The highest BCUT2D eigenvalue weighted by Gasteiger charge is 2.34. The maximum atomic E-state index is 13.4. The number of piperidine rings is 1. The molecular weight excluding hydrogens is 305 g/mol. The fourth-order valence-electron chi connectivity index (χ4n) is 2.21. The molecule has 7 heteroatoms. The van der Waals surface area contributed by atoms with Gasteiger partial charge in [-0.1, -0.05) is 18.5 Å². The molecule has 2 rings (SSSR count). The number of hydrogen-bond donors (Lipinski definition) is 1. The van der Waals surface area contributed by atoms with Gasteiger partial charge < -0.3 is 5.11 Å². The van der Waals surface area contributed by atoms with Crippen LogP contribution in [-0.4, -0.2) is 37.0 Å². The smallest absolute Gasteiger partial charge is 0.244 e. The van der Waals surface area contributed by atoms with Crippen LogP contribution in [0.1, 0.15) is 18.9 Å². The van der Waals surface area contributed by atoms with Gasteiger partial charge in [0.2, 0.25) is 10.0 Å². The van der Waals surface area contributed by atoms with Crippen molar-refractivity contribution in [2.24, 2.45) is 5.92 Å². The molecule has 0 bridgehead atoms. The van der Waals surface area contributed by atoms with Gasteiger partial charge in [0, 0.05) is 13.1 Å². The summed E-state index contributed by atoms with van der Waals surface area (Å²) < 4.78 is 39.6. The van der Waals surface area contributed by atoms with Gasteiger partial charge in [0.25, 0.3) is 0 Å². The lowest BCUT2D eigenvalue weighted by molar-refractivity contribution is 0.0605. The van der Waals surface area contributed by atoms with Crippen LogP contribution in [0.25, 0.3) is 0 Å². The molecule has 0 spiro atoms. The van der Waals surface area contributed by atoms with Crippen LogP contribution in [0.4, 0.5) is 4.39 Å². The summed E-state index contributed by atoms with van der Waals surface area (Å²) in [4.78, 5) is -0.111. The Balaban J connectivity index is 2.38. The molecule has 4 nitrogen and oxygen atoms in total. The summed E-state index contributed by atoms with van der Waals surface area (Å²) in [6.07, 6.45) is -0.114. The third kappa shape index (κ3) is 2.83. The average molecular weight is 322 g/mol. The topological polar surface area (TPSA) is 57.6 Å². The SMILES string of the molecule is Cc1cc(S(=O)(=O)N2CCC(C)C(O)C2)c(Cl)cc1F. The Morgan fingerprint density at radius 1 is 1.45 bits per heavy atom. The first-order valence-electron chi connectivity index (χ1n) is 6.37. The standard InChI is InChI=1S/C13H17ClFNO3S/c1-8-3-4-16(7-12(8)17)20(18,19)13-5-9(2)11(15)6-10(13)14/h5-6,8,12,17H,3-4,7H2,1-2H3. The summed E-state index contributed by atoms with van der Waals surface area (Å²) in [5.74, 6) is -0.479. The summed E-state index contributed by atoms with van der Waals surface area (Å²) in [6.45, 7) is 3.73. The predicted molar refractivity (Wildman–Crippen MR) is 74.7 cm³/mol. The fourth-order valence-corrected chi connectivity index (χ4v) is 4.25. The lowest BCUT2D eigenvalue weighted by Gasteiger charge is -2.33. The van der Waals surface area contributed by atoms with Gasteiger partial charge in [0.05, 0.1) is 11.1 Å². The number of benzene rings is 1. The zero-order valence-electron chi connectivity index (χ0n) is 11.3. The van der Waals surface area contributed by atoms with E-state index in [2.05, 4.69) is 0 Å². The number of nitrogens with zero attached hydrogens (tertiary/aromatic N) is 1. The average Bonchev–Trinajstić information content (AvgIpc) is 2.36. The third-order valence-corrected chi connectivity index (χ3v) is 6.04. The number of aliphatic hydroxyl groups excluding tert-OH is 1. The highest BCUT2D eigenvalue weighted by atomic mass is 35.5. The number of halogens is 2. The minimum atomic E-state index is -3.81. The molecule has 1 aliphatic heterocycles. The first kappa shape index (κ1) is 15.7. The van der Waals surface area contributed by atoms with Crippen molar-refractivity contribution in [1.82, 2.24) is 4.31 Å². The first-order valence-corrected chi connectivity index (χ1v) is 8.19. The fraction of sp³-hybridized carbons (Fsp3) is 0.538. The van der Waals surface area contributed by atoms with E-state index in [4.69, 9.17) is 11.6 Å². The van der Waals surface area contributed by atoms with Crippen LogP contribution >= 0.6 is 11.6 Å². The van der Waals surface area contributed by atoms with Gasteiger partial charge in [-0.15, -0.1) is 0 Å². The molecule has 2 atom stereocenters. The van der Waals surface area contributed by atoms with E-state index in [1.54, 1.807) is 0 Å². The van der Waals surface area contributed by atoms with Crippen molar-refractivity contribution in [2.75, 3.05) is 13.1 Å². The van der Waals surface area contributed by atoms with Gasteiger partial charge in [-0.2, -0.15) is 4.31 Å². The molecule has 1 heterocycles. The minimum absolute atomic E-state index is 0.0379. The Hall–Kier alpha value is -0.690. The second-order valence-corrected chi connectivity index (χ2v) is 7.54. The Labute approximate surface area is 123 Å². The Morgan fingerprint density at radius 2 is 2.10 bits per heavy atom. The van der Waals surface area contributed by atoms with E-state index in [9.17, 15) is 17.9 Å². The van der Waals surface area contributed by atoms with E-state index < -0.39 is 21.9 Å². The van der Waals surface area contributed by atoms with Crippen LogP contribution in [0.15, 0.2) is 17.0 Å². The van der Waals surface area contributed by atoms with Gasteiger partial charge in [0.1, 0.15) is 10.7 Å². The number of sulfonamides is 1. The lowest BCUT2D eigenvalue weighted by atomic mass is 9.98. The molecule has 1 aliphatic rings. The van der Waals surface area contributed by atoms with E-state index in [1.807, 2.05) is 6.92 Å². The van der Waals surface area contributed by atoms with Gasteiger partial charge in [-0.05, 0) is 37.0 Å². The largest absolute Gasteiger partial charge is 0.391 e. The molecule has 20 heavy (non-hydrogen) atoms. The number of aliphatic hydroxyl groups is 1. The summed E-state index contributed by atoms with van der Waals surface area (Å²) in [6, 6.07) is 2.24. The van der Waals surface area contributed by atoms with E-state index in [-0.39, 0.29) is 27.9 Å². The maximum Gasteiger partial charge on any atom is 0.244 e.